The predicted molar refractivity (Wildman–Crippen MR) is 77.9 cm³/mol. The number of amides is 3. The summed E-state index contributed by atoms with van der Waals surface area (Å²) in [4.78, 5) is 41.6. The highest BCUT2D eigenvalue weighted by Crippen LogP contribution is 2.26. The van der Waals surface area contributed by atoms with E-state index in [1.807, 2.05) is 6.92 Å². The van der Waals surface area contributed by atoms with Crippen LogP contribution in [0.3, 0.4) is 0 Å². The minimum Gasteiger partial charge on any atom is -0.378 e. The van der Waals surface area contributed by atoms with Gasteiger partial charge >= 0.3 is 0 Å². The van der Waals surface area contributed by atoms with Crippen LogP contribution in [0.2, 0.25) is 0 Å². The fourth-order valence-corrected chi connectivity index (χ4v) is 3.37. The topological polar surface area (TPSA) is 70.2 Å². The molecule has 7 heteroatoms. The summed E-state index contributed by atoms with van der Waals surface area (Å²) in [6, 6.07) is 0.0884. The number of carbonyl (C=O) groups excluding carboxylic acids is 3. The van der Waals surface area contributed by atoms with E-state index < -0.39 is 0 Å². The standard InChI is InChI=1S/C15H23N3O4/c1-2-13(19)17-9-12(10-17)18-8-11(7-14(18)20)15(21)16-3-5-22-6-4-16/h11-12H,2-10H2,1H3. The molecule has 0 radical (unpaired) electrons. The van der Waals surface area contributed by atoms with Gasteiger partial charge in [0.2, 0.25) is 17.7 Å². The van der Waals surface area contributed by atoms with Crippen LogP contribution in [0.5, 0.6) is 0 Å². The summed E-state index contributed by atoms with van der Waals surface area (Å²) in [5.41, 5.74) is 0. The SMILES string of the molecule is CCC(=O)N1CC(N2CC(C(=O)N3CCOCC3)CC2=O)C1. The summed E-state index contributed by atoms with van der Waals surface area (Å²) >= 11 is 0. The number of carbonyl (C=O) groups is 3. The van der Waals surface area contributed by atoms with Gasteiger partial charge < -0.3 is 19.4 Å². The third kappa shape index (κ3) is 2.82. The summed E-state index contributed by atoms with van der Waals surface area (Å²) in [5, 5.41) is 0. The molecule has 0 aliphatic carbocycles. The van der Waals surface area contributed by atoms with Crippen molar-refractivity contribution in [2.45, 2.75) is 25.8 Å². The van der Waals surface area contributed by atoms with Crippen LogP contribution in [0, 0.1) is 5.92 Å². The number of ether oxygens (including phenoxy) is 1. The van der Waals surface area contributed by atoms with Crippen LogP contribution in [-0.4, -0.2) is 84.4 Å². The predicted octanol–water partition coefficient (Wildman–Crippen LogP) is -0.685. The smallest absolute Gasteiger partial charge is 0.228 e. The van der Waals surface area contributed by atoms with Gasteiger partial charge in [-0.3, -0.25) is 14.4 Å². The lowest BCUT2D eigenvalue weighted by atomic mass is 10.1. The zero-order valence-corrected chi connectivity index (χ0v) is 13.0. The maximum Gasteiger partial charge on any atom is 0.228 e. The zero-order chi connectivity index (χ0) is 15.7. The molecule has 0 aromatic rings. The van der Waals surface area contributed by atoms with Crippen molar-refractivity contribution in [1.29, 1.82) is 0 Å². The van der Waals surface area contributed by atoms with Crippen molar-refractivity contribution in [2.24, 2.45) is 5.92 Å². The van der Waals surface area contributed by atoms with E-state index in [1.54, 1.807) is 14.7 Å². The van der Waals surface area contributed by atoms with E-state index in [1.165, 1.54) is 0 Å². The third-order valence-corrected chi connectivity index (χ3v) is 4.79. The monoisotopic (exact) mass is 309 g/mol. The molecule has 3 fully saturated rings. The molecule has 7 nitrogen and oxygen atoms in total. The number of hydrogen-bond acceptors (Lipinski definition) is 4. The number of rotatable bonds is 3. The van der Waals surface area contributed by atoms with Gasteiger partial charge in [0.1, 0.15) is 0 Å². The van der Waals surface area contributed by atoms with Crippen molar-refractivity contribution in [1.82, 2.24) is 14.7 Å². The van der Waals surface area contributed by atoms with Crippen molar-refractivity contribution < 1.29 is 19.1 Å². The van der Waals surface area contributed by atoms with Crippen LogP contribution in [0.1, 0.15) is 19.8 Å². The van der Waals surface area contributed by atoms with Crippen LogP contribution in [0.15, 0.2) is 0 Å². The summed E-state index contributed by atoms with van der Waals surface area (Å²) in [6.45, 7) is 5.94. The van der Waals surface area contributed by atoms with E-state index in [4.69, 9.17) is 4.74 Å². The molecule has 0 saturated carbocycles. The fraction of sp³-hybridized carbons (Fsp3) is 0.800. The molecule has 3 rings (SSSR count). The molecule has 3 heterocycles. The molecule has 3 amide bonds. The zero-order valence-electron chi connectivity index (χ0n) is 13.0. The molecule has 0 bridgehead atoms. The highest BCUT2D eigenvalue weighted by Gasteiger charge is 2.44. The van der Waals surface area contributed by atoms with Crippen molar-refractivity contribution in [3.8, 4) is 0 Å². The van der Waals surface area contributed by atoms with Crippen molar-refractivity contribution in [3.05, 3.63) is 0 Å². The highest BCUT2D eigenvalue weighted by molar-refractivity contribution is 5.89. The third-order valence-electron chi connectivity index (χ3n) is 4.79. The Morgan fingerprint density at radius 1 is 1.14 bits per heavy atom. The normalized spacial score (nSPS) is 26.3. The molecular weight excluding hydrogens is 286 g/mol. The summed E-state index contributed by atoms with van der Waals surface area (Å²) in [5.74, 6) is 0.00513. The van der Waals surface area contributed by atoms with E-state index in [0.29, 0.717) is 58.8 Å². The van der Waals surface area contributed by atoms with Gasteiger partial charge in [0.15, 0.2) is 0 Å². The van der Waals surface area contributed by atoms with Gasteiger partial charge in [-0.25, -0.2) is 0 Å². The lowest BCUT2D eigenvalue weighted by Crippen LogP contribution is -2.61. The molecule has 22 heavy (non-hydrogen) atoms. The van der Waals surface area contributed by atoms with Crippen molar-refractivity contribution in [2.75, 3.05) is 45.9 Å². The molecule has 0 spiro atoms. The van der Waals surface area contributed by atoms with Gasteiger partial charge in [-0.15, -0.1) is 0 Å². The largest absolute Gasteiger partial charge is 0.378 e. The number of likely N-dealkylation sites (tertiary alicyclic amines) is 2. The molecule has 122 valence electrons. The Bertz CT molecular complexity index is 469. The Morgan fingerprint density at radius 2 is 1.82 bits per heavy atom. The lowest BCUT2D eigenvalue weighted by molar-refractivity contribution is -0.144. The van der Waals surface area contributed by atoms with Gasteiger partial charge in [0, 0.05) is 45.6 Å². The van der Waals surface area contributed by atoms with Crippen LogP contribution in [0.4, 0.5) is 0 Å². The Morgan fingerprint density at radius 3 is 2.45 bits per heavy atom. The Balaban J connectivity index is 1.53. The van der Waals surface area contributed by atoms with Gasteiger partial charge in [0.25, 0.3) is 0 Å². The first kappa shape index (κ1) is 15.3. The van der Waals surface area contributed by atoms with Gasteiger partial charge in [-0.1, -0.05) is 6.92 Å². The molecule has 3 aliphatic rings. The molecular formula is C15H23N3O4. The average molecular weight is 309 g/mol. The summed E-state index contributed by atoms with van der Waals surface area (Å²) < 4.78 is 5.26. The average Bonchev–Trinajstić information content (AvgIpc) is 2.87. The highest BCUT2D eigenvalue weighted by atomic mass is 16.5. The van der Waals surface area contributed by atoms with E-state index in [0.717, 1.165) is 0 Å². The Hall–Kier alpha value is -1.63. The number of hydrogen-bond donors (Lipinski definition) is 0. The first-order chi connectivity index (χ1) is 10.6. The maximum absolute atomic E-state index is 12.5. The number of morpholine rings is 1. The van der Waals surface area contributed by atoms with Crippen LogP contribution < -0.4 is 0 Å². The minimum atomic E-state index is -0.235. The molecule has 1 unspecified atom stereocenters. The van der Waals surface area contributed by atoms with E-state index in [9.17, 15) is 14.4 Å². The van der Waals surface area contributed by atoms with Crippen molar-refractivity contribution in [3.63, 3.8) is 0 Å². The van der Waals surface area contributed by atoms with Crippen LogP contribution in [0.25, 0.3) is 0 Å². The van der Waals surface area contributed by atoms with Crippen LogP contribution in [-0.2, 0) is 19.1 Å². The molecule has 1 atom stereocenters. The Labute approximate surface area is 130 Å². The first-order valence-electron chi connectivity index (χ1n) is 8.04. The van der Waals surface area contributed by atoms with E-state index in [-0.39, 0.29) is 29.7 Å². The summed E-state index contributed by atoms with van der Waals surface area (Å²) in [7, 11) is 0. The van der Waals surface area contributed by atoms with Gasteiger partial charge in [0.05, 0.1) is 25.2 Å². The van der Waals surface area contributed by atoms with E-state index in [2.05, 4.69) is 0 Å². The lowest BCUT2D eigenvalue weighted by Gasteiger charge is -2.44. The molecule has 0 N–H and O–H groups in total. The fourth-order valence-electron chi connectivity index (χ4n) is 3.37. The molecule has 0 aromatic heterocycles. The van der Waals surface area contributed by atoms with Crippen molar-refractivity contribution >= 4 is 17.7 Å². The van der Waals surface area contributed by atoms with E-state index >= 15 is 0 Å². The molecule has 3 saturated heterocycles. The Kier molecular flexibility index (Phi) is 4.33. The second-order valence-corrected chi connectivity index (χ2v) is 6.19. The van der Waals surface area contributed by atoms with Gasteiger partial charge in [-0.2, -0.15) is 0 Å². The minimum absolute atomic E-state index is 0.0419. The summed E-state index contributed by atoms with van der Waals surface area (Å²) in [6.07, 6.45) is 0.799. The number of nitrogens with zero attached hydrogens (tertiary/aromatic N) is 3. The second kappa shape index (κ2) is 6.24. The molecule has 3 aliphatic heterocycles. The maximum atomic E-state index is 12.5. The first-order valence-corrected chi connectivity index (χ1v) is 8.04. The molecule has 0 aromatic carbocycles. The van der Waals surface area contributed by atoms with Crippen LogP contribution >= 0.6 is 0 Å². The van der Waals surface area contributed by atoms with Gasteiger partial charge in [-0.05, 0) is 0 Å². The quantitative estimate of drug-likeness (QED) is 0.692. The second-order valence-electron chi connectivity index (χ2n) is 6.19.